The fraction of sp³-hybridized carbons (Fsp3) is 0.438. The Morgan fingerprint density at radius 1 is 1.50 bits per heavy atom. The van der Waals surface area contributed by atoms with E-state index in [4.69, 9.17) is 0 Å². The lowest BCUT2D eigenvalue weighted by Gasteiger charge is -2.28. The zero-order valence-electron chi connectivity index (χ0n) is 12.1. The van der Waals surface area contributed by atoms with Gasteiger partial charge in [-0.15, -0.1) is 0 Å². The van der Waals surface area contributed by atoms with Crippen LogP contribution in [-0.4, -0.2) is 23.5 Å². The number of hydrogen-bond donors (Lipinski definition) is 1. The second-order valence-corrected chi connectivity index (χ2v) is 6.14. The fourth-order valence-corrected chi connectivity index (χ4v) is 3.11. The molecule has 0 spiro atoms. The first-order valence-corrected chi connectivity index (χ1v) is 7.70. The van der Waals surface area contributed by atoms with E-state index in [2.05, 4.69) is 27.8 Å². The molecule has 0 saturated carbocycles. The first-order chi connectivity index (χ1) is 9.45. The second kappa shape index (κ2) is 6.00. The van der Waals surface area contributed by atoms with Crippen molar-refractivity contribution in [3.63, 3.8) is 0 Å². The normalized spacial score (nSPS) is 18.8. The highest BCUT2D eigenvalue weighted by molar-refractivity contribution is 9.10. The molecule has 3 nitrogen and oxygen atoms in total. The molecule has 108 valence electrons. The number of carbonyl (C=O) groups is 1. The Bertz CT molecular complexity index is 566. The van der Waals surface area contributed by atoms with Crippen LogP contribution in [0.5, 0.6) is 0 Å². The van der Waals surface area contributed by atoms with Gasteiger partial charge in [-0.3, -0.25) is 4.79 Å². The van der Waals surface area contributed by atoms with Crippen LogP contribution in [0.3, 0.4) is 0 Å². The van der Waals surface area contributed by atoms with Crippen molar-refractivity contribution in [3.8, 4) is 0 Å². The molecule has 1 unspecified atom stereocenters. The molecule has 1 aliphatic rings. The van der Waals surface area contributed by atoms with Gasteiger partial charge >= 0.3 is 0 Å². The number of aliphatic hydroxyl groups excluding tert-OH is 1. The predicted molar refractivity (Wildman–Crippen MR) is 85.3 cm³/mol. The van der Waals surface area contributed by atoms with E-state index in [0.29, 0.717) is 12.1 Å². The summed E-state index contributed by atoms with van der Waals surface area (Å²) in [4.78, 5) is 13.9. The van der Waals surface area contributed by atoms with Gasteiger partial charge in [0.15, 0.2) is 5.78 Å². The summed E-state index contributed by atoms with van der Waals surface area (Å²) in [7, 11) is 0. The number of nitrogens with zero attached hydrogens (tertiary/aromatic N) is 1. The number of benzene rings is 1. The molecule has 4 heteroatoms. The number of halogens is 1. The number of hydrogen-bond acceptors (Lipinski definition) is 3. The zero-order chi connectivity index (χ0) is 14.9. The monoisotopic (exact) mass is 337 g/mol. The lowest BCUT2D eigenvalue weighted by atomic mass is 10.00. The van der Waals surface area contributed by atoms with E-state index in [1.807, 2.05) is 25.1 Å². The van der Waals surface area contributed by atoms with Gasteiger partial charge in [0.2, 0.25) is 0 Å². The van der Waals surface area contributed by atoms with Crippen LogP contribution in [-0.2, 0) is 4.79 Å². The summed E-state index contributed by atoms with van der Waals surface area (Å²) in [6, 6.07) is 6.12. The number of rotatable bonds is 4. The lowest BCUT2D eigenvalue weighted by Crippen LogP contribution is -2.33. The molecule has 0 saturated heterocycles. The number of ketones is 1. The molecule has 0 radical (unpaired) electrons. The molecular formula is C16H20BrNO2. The number of Topliss-reactive ketones (excluding diaryl/α,β-unsaturated/α-hetero) is 1. The fourth-order valence-electron chi connectivity index (χ4n) is 2.75. The van der Waals surface area contributed by atoms with Crippen LogP contribution in [0.15, 0.2) is 34.0 Å². The largest absolute Gasteiger partial charge is 0.510 e. The smallest absolute Gasteiger partial charge is 0.161 e. The van der Waals surface area contributed by atoms with Gasteiger partial charge in [0, 0.05) is 10.2 Å². The van der Waals surface area contributed by atoms with Crippen LogP contribution in [0.4, 0.5) is 5.69 Å². The van der Waals surface area contributed by atoms with E-state index in [1.54, 1.807) is 0 Å². The summed E-state index contributed by atoms with van der Waals surface area (Å²) in [5.74, 6) is 0.183. The van der Waals surface area contributed by atoms with E-state index in [-0.39, 0.29) is 17.6 Å². The van der Waals surface area contributed by atoms with Crippen LogP contribution in [0, 0.1) is 6.92 Å². The predicted octanol–water partition coefficient (Wildman–Crippen LogP) is 4.15. The minimum atomic E-state index is -0.0328. The highest BCUT2D eigenvalue weighted by Gasteiger charge is 2.34. The van der Waals surface area contributed by atoms with Gasteiger partial charge in [0.25, 0.3) is 0 Å². The molecular weight excluding hydrogens is 318 g/mol. The van der Waals surface area contributed by atoms with Crippen molar-refractivity contribution in [1.29, 1.82) is 0 Å². The van der Waals surface area contributed by atoms with E-state index in [1.165, 1.54) is 12.5 Å². The van der Waals surface area contributed by atoms with Gasteiger partial charge in [0.05, 0.1) is 18.2 Å². The zero-order valence-corrected chi connectivity index (χ0v) is 13.7. The highest BCUT2D eigenvalue weighted by atomic mass is 79.9. The van der Waals surface area contributed by atoms with Crippen molar-refractivity contribution in [3.05, 3.63) is 39.6 Å². The molecule has 0 bridgehead atoms. The summed E-state index contributed by atoms with van der Waals surface area (Å²) in [5.41, 5.74) is 2.77. The van der Waals surface area contributed by atoms with Crippen molar-refractivity contribution in [2.45, 2.75) is 39.7 Å². The lowest BCUT2D eigenvalue weighted by molar-refractivity contribution is -0.113. The van der Waals surface area contributed by atoms with Crippen LogP contribution in [0.1, 0.15) is 32.3 Å². The van der Waals surface area contributed by atoms with E-state index < -0.39 is 0 Å². The Labute approximate surface area is 128 Å². The Kier molecular flexibility index (Phi) is 4.53. The van der Waals surface area contributed by atoms with Crippen LogP contribution in [0.2, 0.25) is 0 Å². The minimum absolute atomic E-state index is 0.0212. The molecule has 1 aliphatic heterocycles. The van der Waals surface area contributed by atoms with Gasteiger partial charge in [-0.2, -0.15) is 0 Å². The Hall–Kier alpha value is -1.29. The van der Waals surface area contributed by atoms with Crippen LogP contribution in [0.25, 0.3) is 0 Å². The maximum atomic E-state index is 11.8. The summed E-state index contributed by atoms with van der Waals surface area (Å²) in [6.07, 6.45) is 1.84. The average molecular weight is 338 g/mol. The minimum Gasteiger partial charge on any atom is -0.510 e. The molecule has 20 heavy (non-hydrogen) atoms. The second-order valence-electron chi connectivity index (χ2n) is 5.28. The van der Waals surface area contributed by atoms with Crippen molar-refractivity contribution < 1.29 is 9.90 Å². The molecule has 0 fully saturated rings. The van der Waals surface area contributed by atoms with E-state index in [0.717, 1.165) is 23.0 Å². The van der Waals surface area contributed by atoms with Crippen LogP contribution < -0.4 is 4.90 Å². The maximum absolute atomic E-state index is 11.8. The Morgan fingerprint density at radius 3 is 2.75 bits per heavy atom. The van der Waals surface area contributed by atoms with Crippen molar-refractivity contribution >= 4 is 27.4 Å². The van der Waals surface area contributed by atoms with Crippen molar-refractivity contribution in [2.75, 3.05) is 11.4 Å². The molecule has 0 aliphatic carbocycles. The third-order valence-electron chi connectivity index (χ3n) is 3.77. The molecule has 2 rings (SSSR count). The van der Waals surface area contributed by atoms with E-state index >= 15 is 0 Å². The molecule has 0 aromatic heterocycles. The first-order valence-electron chi connectivity index (χ1n) is 6.91. The molecule has 1 heterocycles. The summed E-state index contributed by atoms with van der Waals surface area (Å²) < 4.78 is 1.04. The average Bonchev–Trinajstić information content (AvgIpc) is 2.70. The van der Waals surface area contributed by atoms with Crippen LogP contribution >= 0.6 is 15.9 Å². The van der Waals surface area contributed by atoms with Gasteiger partial charge in [-0.1, -0.05) is 35.3 Å². The molecule has 0 amide bonds. The molecule has 1 atom stereocenters. The summed E-state index contributed by atoms with van der Waals surface area (Å²) in [5, 5.41) is 10.1. The first kappa shape index (κ1) is 15.1. The number of aliphatic hydroxyl groups is 1. The molecule has 1 N–H and O–H groups in total. The number of anilines is 1. The summed E-state index contributed by atoms with van der Waals surface area (Å²) >= 11 is 3.54. The number of carbonyl (C=O) groups excluding carboxylic acids is 1. The summed E-state index contributed by atoms with van der Waals surface area (Å²) in [6.45, 7) is 6.08. The number of aryl methyl sites for hydroxylation is 1. The van der Waals surface area contributed by atoms with Gasteiger partial charge in [-0.05, 0) is 38.0 Å². The van der Waals surface area contributed by atoms with Crippen molar-refractivity contribution in [2.24, 2.45) is 0 Å². The van der Waals surface area contributed by atoms with Gasteiger partial charge < -0.3 is 10.0 Å². The third kappa shape index (κ3) is 2.75. The molecule has 1 aromatic carbocycles. The topological polar surface area (TPSA) is 40.5 Å². The standard InChI is InChI=1S/C16H20BrNO2/c1-4-5-14-16(11(3)19)15(20)9-18(14)12-7-6-10(2)13(17)8-12/h6-8,14,20H,4-5,9H2,1-3H3. The quantitative estimate of drug-likeness (QED) is 0.897. The molecule has 1 aromatic rings. The third-order valence-corrected chi connectivity index (χ3v) is 4.62. The van der Waals surface area contributed by atoms with Gasteiger partial charge in [0.1, 0.15) is 5.76 Å². The van der Waals surface area contributed by atoms with Crippen molar-refractivity contribution in [1.82, 2.24) is 0 Å². The SMILES string of the molecule is CCCC1C(C(C)=O)=C(O)CN1c1ccc(C)c(Br)c1. The Balaban J connectivity index is 2.37. The highest BCUT2D eigenvalue weighted by Crippen LogP contribution is 2.34. The van der Waals surface area contributed by atoms with E-state index in [9.17, 15) is 9.90 Å². The Morgan fingerprint density at radius 2 is 2.20 bits per heavy atom. The maximum Gasteiger partial charge on any atom is 0.161 e. The van der Waals surface area contributed by atoms with Gasteiger partial charge in [-0.25, -0.2) is 0 Å².